The summed E-state index contributed by atoms with van der Waals surface area (Å²) in [6, 6.07) is 7.74. The maximum absolute atomic E-state index is 10.8. The van der Waals surface area contributed by atoms with Gasteiger partial charge >= 0.3 is 0 Å². The highest BCUT2D eigenvalue weighted by Crippen LogP contribution is 2.02. The standard InChI is InChI=1S/C9H13NO2S.C2H6/c1-8-3-5-9(6-4-8)7-10-13(2,11)12;1-2/h3-6,10H,7H2,1-2H3;1-2H3. The zero-order valence-corrected chi connectivity index (χ0v) is 10.6. The Bertz CT molecular complexity index is 368. The summed E-state index contributed by atoms with van der Waals surface area (Å²) in [4.78, 5) is 0. The van der Waals surface area contributed by atoms with Crippen LogP contribution in [0.25, 0.3) is 0 Å². The van der Waals surface area contributed by atoms with Gasteiger partial charge in [-0.05, 0) is 12.5 Å². The summed E-state index contributed by atoms with van der Waals surface area (Å²) >= 11 is 0. The smallest absolute Gasteiger partial charge is 0.209 e. The van der Waals surface area contributed by atoms with E-state index in [-0.39, 0.29) is 0 Å². The molecular weight excluding hydrogens is 210 g/mol. The van der Waals surface area contributed by atoms with E-state index in [0.717, 1.165) is 11.8 Å². The number of hydrogen-bond acceptors (Lipinski definition) is 2. The Balaban J connectivity index is 0.000000921. The lowest BCUT2D eigenvalue weighted by Crippen LogP contribution is -2.21. The van der Waals surface area contributed by atoms with Gasteiger partial charge in [-0.1, -0.05) is 43.7 Å². The fourth-order valence-corrected chi connectivity index (χ4v) is 1.35. The molecule has 0 unspecified atom stereocenters. The number of benzene rings is 1. The molecule has 0 atom stereocenters. The Morgan fingerprint density at radius 2 is 1.60 bits per heavy atom. The van der Waals surface area contributed by atoms with Crippen molar-refractivity contribution in [3.63, 3.8) is 0 Å². The number of aryl methyl sites for hydroxylation is 1. The molecule has 1 aromatic rings. The Labute approximate surface area is 92.6 Å². The van der Waals surface area contributed by atoms with Gasteiger partial charge in [0.2, 0.25) is 10.0 Å². The second-order valence-corrected chi connectivity index (χ2v) is 4.91. The highest BCUT2D eigenvalue weighted by atomic mass is 32.2. The molecule has 1 N–H and O–H groups in total. The average Bonchev–Trinajstić information content (AvgIpc) is 2.19. The van der Waals surface area contributed by atoms with E-state index in [2.05, 4.69) is 4.72 Å². The van der Waals surface area contributed by atoms with Crippen LogP contribution in [0.4, 0.5) is 0 Å². The minimum absolute atomic E-state index is 0.360. The summed E-state index contributed by atoms with van der Waals surface area (Å²) in [6.07, 6.45) is 1.15. The quantitative estimate of drug-likeness (QED) is 0.862. The van der Waals surface area contributed by atoms with Crippen LogP contribution < -0.4 is 4.72 Å². The highest BCUT2D eigenvalue weighted by molar-refractivity contribution is 7.88. The first kappa shape index (κ1) is 14.1. The molecule has 0 radical (unpaired) electrons. The molecule has 0 saturated carbocycles. The summed E-state index contributed by atoms with van der Waals surface area (Å²) in [7, 11) is -3.08. The minimum Gasteiger partial charge on any atom is -0.213 e. The summed E-state index contributed by atoms with van der Waals surface area (Å²) in [6.45, 7) is 6.35. The van der Waals surface area contributed by atoms with Crippen molar-refractivity contribution in [2.45, 2.75) is 27.3 Å². The van der Waals surface area contributed by atoms with Crippen LogP contribution in [0.3, 0.4) is 0 Å². The van der Waals surface area contributed by atoms with Gasteiger partial charge in [-0.15, -0.1) is 0 Å². The molecule has 0 aromatic heterocycles. The van der Waals surface area contributed by atoms with Gasteiger partial charge in [-0.3, -0.25) is 0 Å². The molecule has 0 bridgehead atoms. The molecule has 0 spiro atoms. The number of rotatable bonds is 3. The van der Waals surface area contributed by atoms with Crippen LogP contribution in [0.5, 0.6) is 0 Å². The molecule has 0 aliphatic rings. The predicted octanol–water partition coefficient (Wildman–Crippen LogP) is 2.07. The molecule has 1 rings (SSSR count). The third-order valence-corrected chi connectivity index (χ3v) is 2.33. The van der Waals surface area contributed by atoms with Crippen molar-refractivity contribution in [1.29, 1.82) is 0 Å². The molecule has 0 heterocycles. The first-order valence-electron chi connectivity index (χ1n) is 4.97. The van der Waals surface area contributed by atoms with Crippen LogP contribution in [-0.2, 0) is 16.6 Å². The Kier molecular flexibility index (Phi) is 6.20. The average molecular weight is 229 g/mol. The minimum atomic E-state index is -3.08. The lowest BCUT2D eigenvalue weighted by Gasteiger charge is -2.02. The third kappa shape index (κ3) is 7.11. The lowest BCUT2D eigenvalue weighted by molar-refractivity contribution is 0.587. The van der Waals surface area contributed by atoms with E-state index in [1.165, 1.54) is 5.56 Å². The molecule has 86 valence electrons. The van der Waals surface area contributed by atoms with E-state index < -0.39 is 10.0 Å². The van der Waals surface area contributed by atoms with E-state index in [0.29, 0.717) is 6.54 Å². The fraction of sp³-hybridized carbons (Fsp3) is 0.455. The summed E-state index contributed by atoms with van der Waals surface area (Å²) in [5.41, 5.74) is 2.14. The van der Waals surface area contributed by atoms with Crippen molar-refractivity contribution in [3.8, 4) is 0 Å². The van der Waals surface area contributed by atoms with Crippen molar-refractivity contribution in [2.24, 2.45) is 0 Å². The van der Waals surface area contributed by atoms with Crippen molar-refractivity contribution < 1.29 is 8.42 Å². The highest BCUT2D eigenvalue weighted by Gasteiger charge is 1.99. The Morgan fingerprint density at radius 1 is 1.13 bits per heavy atom. The molecule has 0 fully saturated rings. The molecule has 0 saturated heterocycles. The van der Waals surface area contributed by atoms with Crippen molar-refractivity contribution >= 4 is 10.0 Å². The zero-order valence-electron chi connectivity index (χ0n) is 9.74. The normalized spacial score (nSPS) is 10.4. The monoisotopic (exact) mass is 229 g/mol. The van der Waals surface area contributed by atoms with Gasteiger partial charge in [0.15, 0.2) is 0 Å². The third-order valence-electron chi connectivity index (χ3n) is 1.66. The zero-order chi connectivity index (χ0) is 11.9. The molecule has 0 aliphatic carbocycles. The number of hydrogen-bond donors (Lipinski definition) is 1. The van der Waals surface area contributed by atoms with Crippen LogP contribution >= 0.6 is 0 Å². The van der Waals surface area contributed by atoms with E-state index >= 15 is 0 Å². The second kappa shape index (κ2) is 6.58. The van der Waals surface area contributed by atoms with Gasteiger partial charge in [-0.25, -0.2) is 13.1 Å². The van der Waals surface area contributed by atoms with E-state index in [1.807, 2.05) is 45.0 Å². The summed E-state index contributed by atoms with van der Waals surface area (Å²) < 4.78 is 24.0. The van der Waals surface area contributed by atoms with E-state index in [1.54, 1.807) is 0 Å². The van der Waals surface area contributed by atoms with Gasteiger partial charge < -0.3 is 0 Å². The molecule has 1 aromatic carbocycles. The van der Waals surface area contributed by atoms with E-state index in [4.69, 9.17) is 0 Å². The second-order valence-electron chi connectivity index (χ2n) is 3.08. The van der Waals surface area contributed by atoms with Crippen LogP contribution in [-0.4, -0.2) is 14.7 Å². The molecule has 3 nitrogen and oxygen atoms in total. The first-order chi connectivity index (χ1) is 6.97. The largest absolute Gasteiger partial charge is 0.213 e. The van der Waals surface area contributed by atoms with Crippen LogP contribution in [0.2, 0.25) is 0 Å². The fourth-order valence-electron chi connectivity index (χ4n) is 0.920. The molecular formula is C11H19NO2S. The van der Waals surface area contributed by atoms with Crippen molar-refractivity contribution in [3.05, 3.63) is 35.4 Å². The van der Waals surface area contributed by atoms with Crippen molar-refractivity contribution in [1.82, 2.24) is 4.72 Å². The Hall–Kier alpha value is -0.870. The number of sulfonamides is 1. The van der Waals surface area contributed by atoms with Gasteiger partial charge in [0.1, 0.15) is 0 Å². The van der Waals surface area contributed by atoms with Crippen LogP contribution in [0, 0.1) is 6.92 Å². The maximum atomic E-state index is 10.8. The predicted molar refractivity (Wildman–Crippen MR) is 64.2 cm³/mol. The van der Waals surface area contributed by atoms with Gasteiger partial charge in [0, 0.05) is 6.54 Å². The molecule has 0 amide bonds. The number of nitrogens with one attached hydrogen (secondary N) is 1. The first-order valence-corrected chi connectivity index (χ1v) is 6.87. The van der Waals surface area contributed by atoms with Gasteiger partial charge in [0.25, 0.3) is 0 Å². The topological polar surface area (TPSA) is 46.2 Å². The van der Waals surface area contributed by atoms with Gasteiger partial charge in [0.05, 0.1) is 6.26 Å². The lowest BCUT2D eigenvalue weighted by atomic mass is 10.2. The summed E-state index contributed by atoms with van der Waals surface area (Å²) in [5.74, 6) is 0. The van der Waals surface area contributed by atoms with Crippen LogP contribution in [0.15, 0.2) is 24.3 Å². The SMILES string of the molecule is CC.Cc1ccc(CNS(C)(=O)=O)cc1. The van der Waals surface area contributed by atoms with Crippen molar-refractivity contribution in [2.75, 3.05) is 6.26 Å². The van der Waals surface area contributed by atoms with Crippen LogP contribution in [0.1, 0.15) is 25.0 Å². The van der Waals surface area contributed by atoms with Gasteiger partial charge in [-0.2, -0.15) is 0 Å². The molecule has 4 heteroatoms. The molecule has 0 aliphatic heterocycles. The molecule has 15 heavy (non-hydrogen) atoms. The summed E-state index contributed by atoms with van der Waals surface area (Å²) in [5, 5.41) is 0. The maximum Gasteiger partial charge on any atom is 0.209 e. The van der Waals surface area contributed by atoms with E-state index in [9.17, 15) is 8.42 Å². The Morgan fingerprint density at radius 3 is 2.00 bits per heavy atom.